The average molecular weight is 202 g/mol. The molecule has 0 saturated carbocycles. The van der Waals surface area contributed by atoms with E-state index in [0.29, 0.717) is 25.4 Å². The highest BCUT2D eigenvalue weighted by Crippen LogP contribution is 2.03. The number of hydrogen-bond acceptors (Lipinski definition) is 3. The Hall–Kier alpha value is -0.610. The van der Waals surface area contributed by atoms with Crippen LogP contribution in [0.5, 0.6) is 0 Å². The standard InChI is InChI=1S/C10H22N2O2/c1-7(2)4-9(13)6-12-10(14)8(3)5-11/h7-9,13H,4-6,11H2,1-3H3,(H,12,14). The Bertz CT molecular complexity index is 172. The van der Waals surface area contributed by atoms with Gasteiger partial charge in [-0.2, -0.15) is 0 Å². The fourth-order valence-corrected chi connectivity index (χ4v) is 1.13. The SMILES string of the molecule is CC(C)CC(O)CNC(=O)C(C)CN. The molecule has 0 rings (SSSR count). The second kappa shape index (κ2) is 6.79. The molecule has 0 spiro atoms. The summed E-state index contributed by atoms with van der Waals surface area (Å²) in [5.74, 6) is 0.172. The molecule has 0 aromatic carbocycles. The molecular weight excluding hydrogens is 180 g/mol. The van der Waals surface area contributed by atoms with Crippen LogP contribution >= 0.6 is 0 Å². The molecule has 14 heavy (non-hydrogen) atoms. The zero-order valence-electron chi connectivity index (χ0n) is 9.29. The number of aliphatic hydroxyl groups excluding tert-OH is 1. The highest BCUT2D eigenvalue weighted by molar-refractivity contribution is 5.78. The number of nitrogens with two attached hydrogens (primary N) is 1. The predicted octanol–water partition coefficient (Wildman–Crippen LogP) is 0.104. The number of aliphatic hydroxyl groups is 1. The third-order valence-electron chi connectivity index (χ3n) is 2.06. The van der Waals surface area contributed by atoms with Crippen molar-refractivity contribution in [1.29, 1.82) is 0 Å². The smallest absolute Gasteiger partial charge is 0.224 e. The summed E-state index contributed by atoms with van der Waals surface area (Å²) in [5, 5.41) is 12.1. The van der Waals surface area contributed by atoms with Gasteiger partial charge in [-0.15, -0.1) is 0 Å². The lowest BCUT2D eigenvalue weighted by atomic mass is 10.1. The Kier molecular flexibility index (Phi) is 6.49. The number of carbonyl (C=O) groups is 1. The maximum Gasteiger partial charge on any atom is 0.224 e. The molecule has 4 nitrogen and oxygen atoms in total. The average Bonchev–Trinajstić information content (AvgIpc) is 2.11. The van der Waals surface area contributed by atoms with Crippen LogP contribution in [0.3, 0.4) is 0 Å². The number of amides is 1. The summed E-state index contributed by atoms with van der Waals surface area (Å²) in [4.78, 5) is 11.3. The highest BCUT2D eigenvalue weighted by atomic mass is 16.3. The molecule has 0 radical (unpaired) electrons. The van der Waals surface area contributed by atoms with Crippen molar-refractivity contribution < 1.29 is 9.90 Å². The van der Waals surface area contributed by atoms with Gasteiger partial charge in [0.25, 0.3) is 0 Å². The molecule has 0 aliphatic carbocycles. The predicted molar refractivity (Wildman–Crippen MR) is 56.7 cm³/mol. The van der Waals surface area contributed by atoms with Crippen LogP contribution in [0.2, 0.25) is 0 Å². The zero-order valence-corrected chi connectivity index (χ0v) is 9.29. The Morgan fingerprint density at radius 3 is 2.43 bits per heavy atom. The van der Waals surface area contributed by atoms with E-state index in [-0.39, 0.29) is 11.8 Å². The van der Waals surface area contributed by atoms with E-state index in [2.05, 4.69) is 5.32 Å². The van der Waals surface area contributed by atoms with Crippen LogP contribution in [0.1, 0.15) is 27.2 Å². The maximum atomic E-state index is 11.3. The van der Waals surface area contributed by atoms with Gasteiger partial charge in [-0.05, 0) is 12.3 Å². The van der Waals surface area contributed by atoms with Crippen molar-refractivity contribution in [2.24, 2.45) is 17.6 Å². The third-order valence-corrected chi connectivity index (χ3v) is 2.06. The van der Waals surface area contributed by atoms with Gasteiger partial charge < -0.3 is 16.2 Å². The van der Waals surface area contributed by atoms with Gasteiger partial charge in [-0.3, -0.25) is 4.79 Å². The molecule has 0 aromatic rings. The van der Waals surface area contributed by atoms with Gasteiger partial charge in [0.15, 0.2) is 0 Å². The number of rotatable bonds is 6. The summed E-state index contributed by atoms with van der Waals surface area (Å²) in [5.41, 5.74) is 5.34. The minimum Gasteiger partial charge on any atom is -0.391 e. The van der Waals surface area contributed by atoms with Gasteiger partial charge in [-0.1, -0.05) is 20.8 Å². The number of hydrogen-bond donors (Lipinski definition) is 3. The lowest BCUT2D eigenvalue weighted by Gasteiger charge is -2.15. The van der Waals surface area contributed by atoms with Crippen molar-refractivity contribution in [3.63, 3.8) is 0 Å². The van der Waals surface area contributed by atoms with Crippen molar-refractivity contribution in [3.8, 4) is 0 Å². The van der Waals surface area contributed by atoms with E-state index in [9.17, 15) is 9.90 Å². The molecule has 4 heteroatoms. The number of carbonyl (C=O) groups excluding carboxylic acids is 1. The van der Waals surface area contributed by atoms with Gasteiger partial charge in [0, 0.05) is 19.0 Å². The van der Waals surface area contributed by atoms with Crippen molar-refractivity contribution in [2.45, 2.75) is 33.3 Å². The lowest BCUT2D eigenvalue weighted by Crippen LogP contribution is -2.38. The van der Waals surface area contributed by atoms with Gasteiger partial charge in [0.1, 0.15) is 0 Å². The van der Waals surface area contributed by atoms with Gasteiger partial charge in [0.2, 0.25) is 5.91 Å². The second-order valence-corrected chi connectivity index (χ2v) is 4.17. The van der Waals surface area contributed by atoms with Crippen LogP contribution in [-0.4, -0.2) is 30.2 Å². The van der Waals surface area contributed by atoms with E-state index in [1.807, 2.05) is 13.8 Å². The minimum absolute atomic E-state index is 0.0877. The van der Waals surface area contributed by atoms with E-state index >= 15 is 0 Å². The molecule has 0 fully saturated rings. The summed E-state index contributed by atoms with van der Waals surface area (Å²) >= 11 is 0. The summed E-state index contributed by atoms with van der Waals surface area (Å²) < 4.78 is 0. The van der Waals surface area contributed by atoms with Crippen molar-refractivity contribution >= 4 is 5.91 Å². The molecule has 0 aliphatic heterocycles. The minimum atomic E-state index is -0.455. The Balaban J connectivity index is 3.66. The van der Waals surface area contributed by atoms with Crippen LogP contribution in [-0.2, 0) is 4.79 Å². The first-order valence-electron chi connectivity index (χ1n) is 5.13. The van der Waals surface area contributed by atoms with E-state index < -0.39 is 6.10 Å². The molecule has 0 saturated heterocycles. The van der Waals surface area contributed by atoms with Crippen LogP contribution < -0.4 is 11.1 Å². The second-order valence-electron chi connectivity index (χ2n) is 4.17. The van der Waals surface area contributed by atoms with Crippen molar-refractivity contribution in [1.82, 2.24) is 5.32 Å². The topological polar surface area (TPSA) is 75.3 Å². The van der Waals surface area contributed by atoms with Crippen LogP contribution in [0.25, 0.3) is 0 Å². The Morgan fingerprint density at radius 2 is 2.00 bits per heavy atom. The van der Waals surface area contributed by atoms with Gasteiger partial charge in [-0.25, -0.2) is 0 Å². The Labute approximate surface area is 85.9 Å². The number of nitrogens with one attached hydrogen (secondary N) is 1. The molecule has 0 heterocycles. The fourth-order valence-electron chi connectivity index (χ4n) is 1.13. The molecule has 1 amide bonds. The Morgan fingerprint density at radius 1 is 1.43 bits per heavy atom. The van der Waals surface area contributed by atoms with Gasteiger partial charge >= 0.3 is 0 Å². The van der Waals surface area contributed by atoms with E-state index in [1.54, 1.807) is 6.92 Å². The highest BCUT2D eigenvalue weighted by Gasteiger charge is 2.12. The van der Waals surface area contributed by atoms with E-state index in [1.165, 1.54) is 0 Å². The molecule has 0 aliphatic rings. The van der Waals surface area contributed by atoms with Crippen LogP contribution in [0.4, 0.5) is 0 Å². The first-order chi connectivity index (χ1) is 6.47. The molecule has 0 bridgehead atoms. The largest absolute Gasteiger partial charge is 0.391 e. The molecule has 0 aromatic heterocycles. The fraction of sp³-hybridized carbons (Fsp3) is 0.900. The third kappa shape index (κ3) is 5.94. The van der Waals surface area contributed by atoms with Crippen molar-refractivity contribution in [2.75, 3.05) is 13.1 Å². The summed E-state index contributed by atoms with van der Waals surface area (Å²) in [6.07, 6.45) is 0.251. The monoisotopic (exact) mass is 202 g/mol. The summed E-state index contributed by atoms with van der Waals surface area (Å²) in [7, 11) is 0. The normalized spacial score (nSPS) is 15.3. The first-order valence-corrected chi connectivity index (χ1v) is 5.13. The first kappa shape index (κ1) is 13.4. The van der Waals surface area contributed by atoms with Gasteiger partial charge in [0.05, 0.1) is 6.10 Å². The van der Waals surface area contributed by atoms with Crippen LogP contribution in [0.15, 0.2) is 0 Å². The molecular formula is C10H22N2O2. The summed E-state index contributed by atoms with van der Waals surface area (Å²) in [6, 6.07) is 0. The molecule has 84 valence electrons. The molecule has 4 N–H and O–H groups in total. The van der Waals surface area contributed by atoms with Crippen LogP contribution in [0, 0.1) is 11.8 Å². The van der Waals surface area contributed by atoms with Crippen molar-refractivity contribution in [3.05, 3.63) is 0 Å². The zero-order chi connectivity index (χ0) is 11.1. The maximum absolute atomic E-state index is 11.3. The molecule has 2 atom stereocenters. The van der Waals surface area contributed by atoms with E-state index in [4.69, 9.17) is 5.73 Å². The summed E-state index contributed by atoms with van der Waals surface area (Å²) in [6.45, 7) is 6.50. The molecule has 2 unspecified atom stereocenters. The lowest BCUT2D eigenvalue weighted by molar-refractivity contribution is -0.124. The quantitative estimate of drug-likeness (QED) is 0.572. The van der Waals surface area contributed by atoms with E-state index in [0.717, 1.165) is 0 Å².